The van der Waals surface area contributed by atoms with Crippen molar-refractivity contribution in [3.05, 3.63) is 63.6 Å². The second kappa shape index (κ2) is 7.85. The predicted molar refractivity (Wildman–Crippen MR) is 88.8 cm³/mol. The molecule has 2 aromatic carbocycles. The van der Waals surface area contributed by atoms with Crippen molar-refractivity contribution in [1.29, 1.82) is 0 Å². The van der Waals surface area contributed by atoms with Gasteiger partial charge in [-0.25, -0.2) is 0 Å². The summed E-state index contributed by atoms with van der Waals surface area (Å²) in [4.78, 5) is 23.8. The minimum atomic E-state index is -0.459. The normalized spacial score (nSPS) is 10.0. The Kier molecular flexibility index (Phi) is 5.84. The standard InChI is InChI=1S/C16H14Cl2N2O3/c1-23-14-6-5-13(18)8-11(14)9-15(21)19-20-16(22)10-3-2-4-12(17)7-10/h2-8H,9H2,1H3,(H,19,21)(H,20,22). The van der Waals surface area contributed by atoms with E-state index in [1.165, 1.54) is 13.2 Å². The van der Waals surface area contributed by atoms with E-state index in [9.17, 15) is 9.59 Å². The number of nitrogens with one attached hydrogen (secondary N) is 2. The first-order valence-corrected chi connectivity index (χ1v) is 7.42. The van der Waals surface area contributed by atoms with Crippen molar-refractivity contribution in [2.24, 2.45) is 0 Å². The fourth-order valence-corrected chi connectivity index (χ4v) is 2.32. The third-order valence-electron chi connectivity index (χ3n) is 3.00. The first kappa shape index (κ1) is 17.1. The van der Waals surface area contributed by atoms with Crippen LogP contribution in [0.4, 0.5) is 0 Å². The van der Waals surface area contributed by atoms with Gasteiger partial charge in [0, 0.05) is 21.2 Å². The van der Waals surface area contributed by atoms with Crippen LogP contribution in [0.5, 0.6) is 5.75 Å². The van der Waals surface area contributed by atoms with Gasteiger partial charge < -0.3 is 4.74 Å². The molecule has 0 aliphatic carbocycles. The van der Waals surface area contributed by atoms with Gasteiger partial charge in [0.05, 0.1) is 13.5 Å². The number of ether oxygens (including phenoxy) is 1. The van der Waals surface area contributed by atoms with Gasteiger partial charge in [0.2, 0.25) is 5.91 Å². The molecule has 0 fully saturated rings. The minimum absolute atomic E-state index is 0.0135. The van der Waals surface area contributed by atoms with Crippen molar-refractivity contribution in [1.82, 2.24) is 10.9 Å². The van der Waals surface area contributed by atoms with E-state index < -0.39 is 11.8 Å². The van der Waals surface area contributed by atoms with E-state index in [4.69, 9.17) is 27.9 Å². The zero-order valence-electron chi connectivity index (χ0n) is 12.2. The maximum atomic E-state index is 11.9. The van der Waals surface area contributed by atoms with E-state index in [2.05, 4.69) is 10.9 Å². The van der Waals surface area contributed by atoms with Crippen LogP contribution >= 0.6 is 23.2 Å². The highest BCUT2D eigenvalue weighted by molar-refractivity contribution is 6.31. The maximum Gasteiger partial charge on any atom is 0.269 e. The molecule has 0 atom stereocenters. The molecule has 2 rings (SSSR count). The molecule has 0 saturated carbocycles. The molecular weight excluding hydrogens is 339 g/mol. The third kappa shape index (κ3) is 4.87. The first-order chi connectivity index (χ1) is 11.0. The zero-order chi connectivity index (χ0) is 16.8. The smallest absolute Gasteiger partial charge is 0.269 e. The van der Waals surface area contributed by atoms with E-state index in [1.807, 2.05) is 0 Å². The number of carbonyl (C=O) groups excluding carboxylic acids is 2. The maximum absolute atomic E-state index is 11.9. The van der Waals surface area contributed by atoms with Crippen molar-refractivity contribution in [2.45, 2.75) is 6.42 Å². The topological polar surface area (TPSA) is 67.4 Å². The van der Waals surface area contributed by atoms with Crippen LogP contribution in [-0.2, 0) is 11.2 Å². The third-order valence-corrected chi connectivity index (χ3v) is 3.47. The summed E-state index contributed by atoms with van der Waals surface area (Å²) >= 11 is 11.7. The summed E-state index contributed by atoms with van der Waals surface area (Å²) in [5.74, 6) is -0.314. The monoisotopic (exact) mass is 352 g/mol. The van der Waals surface area contributed by atoms with Gasteiger partial charge in [0.25, 0.3) is 5.91 Å². The van der Waals surface area contributed by atoms with Gasteiger partial charge in [0.15, 0.2) is 0 Å². The van der Waals surface area contributed by atoms with Gasteiger partial charge in [-0.05, 0) is 36.4 Å². The lowest BCUT2D eigenvalue weighted by atomic mass is 10.1. The van der Waals surface area contributed by atoms with Crippen LogP contribution in [0, 0.1) is 0 Å². The SMILES string of the molecule is COc1ccc(Cl)cc1CC(=O)NNC(=O)c1cccc(Cl)c1. The second-order valence-corrected chi connectivity index (χ2v) is 5.52. The highest BCUT2D eigenvalue weighted by Gasteiger charge is 2.11. The summed E-state index contributed by atoms with van der Waals surface area (Å²) in [7, 11) is 1.51. The van der Waals surface area contributed by atoms with E-state index >= 15 is 0 Å². The molecule has 0 saturated heterocycles. The van der Waals surface area contributed by atoms with Crippen LogP contribution in [0.1, 0.15) is 15.9 Å². The molecule has 5 nitrogen and oxygen atoms in total. The van der Waals surface area contributed by atoms with Crippen molar-refractivity contribution in [3.8, 4) is 5.75 Å². The van der Waals surface area contributed by atoms with E-state index in [-0.39, 0.29) is 6.42 Å². The molecule has 2 N–H and O–H groups in total. The number of hydrazine groups is 1. The summed E-state index contributed by atoms with van der Waals surface area (Å²) in [5.41, 5.74) is 5.63. The first-order valence-electron chi connectivity index (χ1n) is 6.67. The van der Waals surface area contributed by atoms with Crippen LogP contribution in [0.2, 0.25) is 10.0 Å². The summed E-state index contributed by atoms with van der Waals surface area (Å²) < 4.78 is 5.17. The average Bonchev–Trinajstić information content (AvgIpc) is 2.53. The number of rotatable bonds is 4. The Morgan fingerprint density at radius 3 is 2.48 bits per heavy atom. The lowest BCUT2D eigenvalue weighted by Crippen LogP contribution is -2.42. The number of benzene rings is 2. The number of amides is 2. The number of halogens is 2. The highest BCUT2D eigenvalue weighted by atomic mass is 35.5. The number of carbonyl (C=O) groups is 2. The van der Waals surface area contributed by atoms with E-state index in [0.717, 1.165) is 0 Å². The summed E-state index contributed by atoms with van der Waals surface area (Å²) in [6, 6.07) is 11.4. The van der Waals surface area contributed by atoms with Crippen LogP contribution in [0.3, 0.4) is 0 Å². The van der Waals surface area contributed by atoms with E-state index in [0.29, 0.717) is 26.9 Å². The van der Waals surface area contributed by atoms with Gasteiger partial charge >= 0.3 is 0 Å². The fraction of sp³-hybridized carbons (Fsp3) is 0.125. The molecule has 7 heteroatoms. The molecule has 2 aromatic rings. The molecule has 2 amide bonds. The van der Waals surface area contributed by atoms with Gasteiger partial charge in [-0.1, -0.05) is 29.3 Å². The molecule has 0 aliphatic rings. The quantitative estimate of drug-likeness (QED) is 0.831. The molecule has 0 aliphatic heterocycles. The number of hydrogen-bond acceptors (Lipinski definition) is 3. The lowest BCUT2D eigenvalue weighted by Gasteiger charge is -2.10. The van der Waals surface area contributed by atoms with Gasteiger partial charge in [-0.2, -0.15) is 0 Å². The van der Waals surface area contributed by atoms with Crippen molar-refractivity contribution in [3.63, 3.8) is 0 Å². The molecule has 0 spiro atoms. The van der Waals surface area contributed by atoms with E-state index in [1.54, 1.807) is 36.4 Å². The molecule has 0 heterocycles. The van der Waals surface area contributed by atoms with Crippen molar-refractivity contribution < 1.29 is 14.3 Å². The lowest BCUT2D eigenvalue weighted by molar-refractivity contribution is -0.121. The Hall–Kier alpha value is -2.24. The Labute approximate surface area is 143 Å². The summed E-state index contributed by atoms with van der Waals surface area (Å²) in [6.07, 6.45) is 0.0135. The molecule has 0 unspecified atom stereocenters. The van der Waals surface area contributed by atoms with Crippen LogP contribution in [0.15, 0.2) is 42.5 Å². The molecular formula is C16H14Cl2N2O3. The minimum Gasteiger partial charge on any atom is -0.496 e. The second-order valence-electron chi connectivity index (χ2n) is 4.65. The molecule has 0 radical (unpaired) electrons. The Morgan fingerprint density at radius 1 is 1.04 bits per heavy atom. The highest BCUT2D eigenvalue weighted by Crippen LogP contribution is 2.22. The Balaban J connectivity index is 1.95. The largest absolute Gasteiger partial charge is 0.496 e. The summed E-state index contributed by atoms with van der Waals surface area (Å²) in [5, 5.41) is 0.934. The molecule has 120 valence electrons. The Bertz CT molecular complexity index is 735. The molecule has 0 bridgehead atoms. The van der Waals surface area contributed by atoms with Crippen LogP contribution in [-0.4, -0.2) is 18.9 Å². The molecule has 0 aromatic heterocycles. The van der Waals surface area contributed by atoms with Crippen molar-refractivity contribution in [2.75, 3.05) is 7.11 Å². The van der Waals surface area contributed by atoms with Gasteiger partial charge in [-0.15, -0.1) is 0 Å². The fourth-order valence-electron chi connectivity index (χ4n) is 1.93. The van der Waals surface area contributed by atoms with Crippen LogP contribution in [0.25, 0.3) is 0 Å². The number of methoxy groups -OCH3 is 1. The van der Waals surface area contributed by atoms with Gasteiger partial charge in [0.1, 0.15) is 5.75 Å². The number of hydrogen-bond donors (Lipinski definition) is 2. The summed E-state index contributed by atoms with van der Waals surface area (Å²) in [6.45, 7) is 0. The Morgan fingerprint density at radius 2 is 1.78 bits per heavy atom. The average molecular weight is 353 g/mol. The van der Waals surface area contributed by atoms with Gasteiger partial charge in [-0.3, -0.25) is 20.4 Å². The zero-order valence-corrected chi connectivity index (χ0v) is 13.7. The predicted octanol–water partition coefficient (Wildman–Crippen LogP) is 3.01. The van der Waals surface area contributed by atoms with Crippen LogP contribution < -0.4 is 15.6 Å². The molecule has 23 heavy (non-hydrogen) atoms. The van der Waals surface area contributed by atoms with Crippen molar-refractivity contribution >= 4 is 35.0 Å².